The minimum atomic E-state index is 1.14. The Bertz CT molecular complexity index is 10300. The van der Waals surface area contributed by atoms with Gasteiger partial charge in [0, 0.05) is 98.8 Å². The first-order chi connectivity index (χ1) is 74.4. The van der Waals surface area contributed by atoms with Gasteiger partial charge in [0.1, 0.15) is 0 Å². The highest BCUT2D eigenvalue weighted by molar-refractivity contribution is 6.30. The number of benzene rings is 24. The normalized spacial score (nSPS) is 11.6. The molecular weight excluding hydrogens is 1810 g/mol. The molecule has 0 amide bonds. The molecule has 702 valence electrons. The molecule has 6 heterocycles. The lowest BCUT2D eigenvalue weighted by Crippen LogP contribution is -1.96. The molecule has 0 fully saturated rings. The zero-order chi connectivity index (χ0) is 99.1. The van der Waals surface area contributed by atoms with E-state index in [1.807, 2.05) is 0 Å². The van der Waals surface area contributed by atoms with E-state index in [2.05, 4.69) is 610 Å². The molecule has 30 aromatic rings. The molecule has 0 aliphatic carbocycles. The van der Waals surface area contributed by atoms with E-state index >= 15 is 0 Å². The summed E-state index contributed by atoms with van der Waals surface area (Å²) in [5.74, 6) is 0. The molecule has 0 aliphatic heterocycles. The van der Waals surface area contributed by atoms with Gasteiger partial charge >= 0.3 is 0 Å². The van der Waals surface area contributed by atoms with Gasteiger partial charge in [-0.15, -0.1) is 0 Å². The van der Waals surface area contributed by atoms with Gasteiger partial charge in [-0.2, -0.15) is 0 Å². The van der Waals surface area contributed by atoms with Crippen LogP contribution < -0.4 is 0 Å². The van der Waals surface area contributed by atoms with Crippen LogP contribution in [0.4, 0.5) is 0 Å². The second-order valence-electron chi connectivity index (χ2n) is 38.9. The predicted octanol–water partition coefficient (Wildman–Crippen LogP) is 38.6. The van der Waals surface area contributed by atoms with Crippen LogP contribution in [0.25, 0.3) is 265 Å². The summed E-state index contributed by atoms with van der Waals surface area (Å²) in [6.45, 7) is 0. The summed E-state index contributed by atoms with van der Waals surface area (Å²) >= 11 is 0. The summed E-state index contributed by atoms with van der Waals surface area (Å²) in [7, 11) is 0. The molecule has 0 unspecified atom stereocenters. The minimum Gasteiger partial charge on any atom is -0.309 e. The van der Waals surface area contributed by atoms with Crippen LogP contribution in [-0.2, 0) is 0 Å². The lowest BCUT2D eigenvalue weighted by molar-refractivity contribution is 1.17. The Morgan fingerprint density at radius 2 is 0.300 bits per heavy atom. The van der Waals surface area contributed by atoms with Gasteiger partial charge in [0.2, 0.25) is 0 Å². The van der Waals surface area contributed by atoms with Crippen molar-refractivity contribution in [1.29, 1.82) is 0 Å². The Balaban J connectivity index is 0.000000108. The van der Waals surface area contributed by atoms with Crippen molar-refractivity contribution in [2.45, 2.75) is 0 Å². The topological polar surface area (TPSA) is 29.6 Å². The van der Waals surface area contributed by atoms with E-state index < -0.39 is 0 Å². The number of nitrogens with zero attached hydrogens (tertiary/aromatic N) is 6. The lowest BCUT2D eigenvalue weighted by Gasteiger charge is -2.14. The SMILES string of the molecule is c1ccc(-c2cc(-c3ccccc3)cc(-n3c4ccc(-c5ccccc5)cc4c4c3ccc3c5ccccc5n(-c5ccccc5)c34)c2)cc1.c1ccc(-c2ccc(-n3c4cc(-c5ccccc5)ccc4c4c3ccc3c5ccccc5n(-c5cccc(-c6ccccc6)c5)c34)cc2)cc1.c1ccc(-c2cccc(-n3c4ccc(-c5ccccc5)cc4c4c3ccc3c5ccccc5n(-c5cccc(-c6ccccc6)c5)c34)c2)cc1. The number of fused-ring (bicyclic) bond motifs is 21. The van der Waals surface area contributed by atoms with Crippen LogP contribution in [0, 0.1) is 0 Å². The Labute approximate surface area is 868 Å². The second kappa shape index (κ2) is 37.4. The van der Waals surface area contributed by atoms with Crippen LogP contribution in [0.3, 0.4) is 0 Å². The molecule has 6 aromatic heterocycles. The van der Waals surface area contributed by atoms with Crippen molar-refractivity contribution >= 4 is 131 Å². The van der Waals surface area contributed by atoms with Gasteiger partial charge in [-0.25, -0.2) is 0 Å². The van der Waals surface area contributed by atoms with E-state index in [-0.39, 0.29) is 0 Å². The smallest absolute Gasteiger partial charge is 0.0641 e. The maximum atomic E-state index is 2.48. The highest BCUT2D eigenvalue weighted by atomic mass is 15.0. The monoisotopic (exact) mass is 1910 g/mol. The zero-order valence-corrected chi connectivity index (χ0v) is 82.1. The van der Waals surface area contributed by atoms with Gasteiger partial charge in [-0.3, -0.25) is 0 Å². The number of hydrogen-bond donors (Lipinski definition) is 0. The van der Waals surface area contributed by atoms with Crippen molar-refractivity contribution in [3.63, 3.8) is 0 Å². The molecule has 30 rings (SSSR count). The molecule has 0 saturated heterocycles. The van der Waals surface area contributed by atoms with E-state index in [4.69, 9.17) is 0 Å². The van der Waals surface area contributed by atoms with Crippen LogP contribution in [0.5, 0.6) is 0 Å². The highest BCUT2D eigenvalue weighted by Gasteiger charge is 2.28. The quantitative estimate of drug-likeness (QED) is 0.0979. The van der Waals surface area contributed by atoms with Crippen molar-refractivity contribution < 1.29 is 0 Å². The summed E-state index contributed by atoms with van der Waals surface area (Å²) in [5, 5.41) is 15.0. The Morgan fingerprint density at radius 1 is 0.0867 bits per heavy atom. The third-order valence-corrected chi connectivity index (χ3v) is 30.3. The van der Waals surface area contributed by atoms with E-state index in [9.17, 15) is 0 Å². The zero-order valence-electron chi connectivity index (χ0n) is 82.1. The maximum absolute atomic E-state index is 2.48. The fraction of sp³-hybridized carbons (Fsp3) is 0. The molecular formula is C144H96N6. The summed E-state index contributed by atoms with van der Waals surface area (Å²) in [5.41, 5.74) is 43.0. The Morgan fingerprint density at radius 3 is 0.660 bits per heavy atom. The minimum absolute atomic E-state index is 1.14. The fourth-order valence-corrected chi connectivity index (χ4v) is 23.5. The molecule has 0 atom stereocenters. The van der Waals surface area contributed by atoms with Gasteiger partial charge in [0.15, 0.2) is 0 Å². The number of aromatic nitrogens is 6. The predicted molar refractivity (Wildman–Crippen MR) is 634 cm³/mol. The largest absolute Gasteiger partial charge is 0.309 e. The van der Waals surface area contributed by atoms with Crippen molar-refractivity contribution in [3.8, 4) is 134 Å². The first-order valence-corrected chi connectivity index (χ1v) is 51.6. The first-order valence-electron chi connectivity index (χ1n) is 51.6. The average molecular weight is 1910 g/mol. The molecule has 6 heteroatoms. The fourth-order valence-electron chi connectivity index (χ4n) is 23.5. The molecule has 0 saturated carbocycles. The lowest BCUT2D eigenvalue weighted by atomic mass is 9.98. The molecule has 0 bridgehead atoms. The van der Waals surface area contributed by atoms with Crippen LogP contribution in [0.1, 0.15) is 0 Å². The van der Waals surface area contributed by atoms with E-state index in [0.29, 0.717) is 0 Å². The van der Waals surface area contributed by atoms with Crippen molar-refractivity contribution in [1.82, 2.24) is 27.4 Å². The molecule has 0 aliphatic rings. The van der Waals surface area contributed by atoms with Gasteiger partial charge in [0.25, 0.3) is 0 Å². The molecule has 0 N–H and O–H groups in total. The molecule has 6 nitrogen and oxygen atoms in total. The van der Waals surface area contributed by atoms with Gasteiger partial charge in [-0.1, -0.05) is 437 Å². The van der Waals surface area contributed by atoms with Crippen LogP contribution in [-0.4, -0.2) is 27.4 Å². The van der Waals surface area contributed by atoms with E-state index in [0.717, 1.165) is 34.1 Å². The summed E-state index contributed by atoms with van der Waals surface area (Å²) < 4.78 is 14.8. The third kappa shape index (κ3) is 15.4. The molecule has 150 heavy (non-hydrogen) atoms. The third-order valence-electron chi connectivity index (χ3n) is 30.3. The standard InChI is InChI=1S/3C48H32N2/c1-5-15-33(16-6-1)36-25-27-45-43(32-36)47-46(28-26-42-41-23-13-14-24-44(41)50(48(42)47)39-21-11-4-12-22-39)49(45)40-30-37(34-17-7-2-8-18-34)29-38(31-40)35-19-9-3-10-20-35;1-4-14-33(15-5-1)36-20-12-22-39(30-36)49-45-28-26-38(35-18-8-3-9-19-35)32-43(45)47-46(49)29-27-42-41-24-10-11-25-44(41)50(48(42)47)40-23-13-21-37(31-40)34-16-6-2-7-17-34;1-4-13-33(14-5-1)36-23-26-39(27-24-36)49-45-30-29-42-41-21-10-11-22-44(41)50(40-20-12-19-37(31-40)34-15-6-2-7-16-34)48(42)47(45)43-28-25-38(32-46(43)49)35-17-8-3-9-18-35/h3*1-32H. The Kier molecular flexibility index (Phi) is 21.9. The van der Waals surface area contributed by atoms with Crippen molar-refractivity contribution in [2.24, 2.45) is 0 Å². The van der Waals surface area contributed by atoms with Crippen LogP contribution >= 0.6 is 0 Å². The maximum Gasteiger partial charge on any atom is 0.0641 e. The molecule has 24 aromatic carbocycles. The summed E-state index contributed by atoms with van der Waals surface area (Å²) in [6.07, 6.45) is 0. The van der Waals surface area contributed by atoms with E-state index in [1.54, 1.807) is 0 Å². The molecule has 0 radical (unpaired) electrons. The summed E-state index contributed by atoms with van der Waals surface area (Å²) in [4.78, 5) is 0. The number of hydrogen-bond acceptors (Lipinski definition) is 0. The average Bonchev–Trinajstić information content (AvgIpc) is 1.55. The van der Waals surface area contributed by atoms with Gasteiger partial charge < -0.3 is 27.4 Å². The van der Waals surface area contributed by atoms with Crippen LogP contribution in [0.15, 0.2) is 582 Å². The first kappa shape index (κ1) is 87.8. The van der Waals surface area contributed by atoms with Crippen LogP contribution in [0.2, 0.25) is 0 Å². The van der Waals surface area contributed by atoms with E-state index in [1.165, 1.54) is 231 Å². The van der Waals surface area contributed by atoms with Crippen molar-refractivity contribution in [3.05, 3.63) is 582 Å². The van der Waals surface area contributed by atoms with Gasteiger partial charge in [-0.05, 0) is 246 Å². The highest BCUT2D eigenvalue weighted by Crippen LogP contribution is 2.50. The summed E-state index contributed by atoms with van der Waals surface area (Å²) in [6, 6.07) is 211. The Hall–Kier alpha value is -19.9. The second-order valence-corrected chi connectivity index (χ2v) is 38.9. The number of para-hydroxylation sites is 4. The van der Waals surface area contributed by atoms with Gasteiger partial charge in [0.05, 0.1) is 66.2 Å². The number of rotatable bonds is 15. The molecule has 0 spiro atoms. The van der Waals surface area contributed by atoms with Crippen molar-refractivity contribution in [2.75, 3.05) is 0 Å².